The van der Waals surface area contributed by atoms with Crippen molar-refractivity contribution in [2.45, 2.75) is 20.8 Å². The first kappa shape index (κ1) is 13.2. The van der Waals surface area contributed by atoms with Gasteiger partial charge < -0.3 is 10.1 Å². The molecule has 0 unspecified atom stereocenters. The van der Waals surface area contributed by atoms with Crippen molar-refractivity contribution in [3.63, 3.8) is 0 Å². The average Bonchev–Trinajstić information content (AvgIpc) is 2.26. The van der Waals surface area contributed by atoms with E-state index in [1.54, 1.807) is 13.0 Å². The summed E-state index contributed by atoms with van der Waals surface area (Å²) in [6.45, 7) is 6.51. The number of carbonyl (C=O) groups excluding carboxylic acids is 1. The van der Waals surface area contributed by atoms with Crippen molar-refractivity contribution in [2.75, 3.05) is 19.0 Å². The molecule has 0 fully saturated rings. The molecule has 0 aliphatic heterocycles. The number of aryl methyl sites for hydroxylation is 1. The van der Waals surface area contributed by atoms with E-state index in [4.69, 9.17) is 0 Å². The van der Waals surface area contributed by atoms with Crippen LogP contribution in [0, 0.1) is 6.92 Å². The zero-order chi connectivity index (χ0) is 12.8. The Morgan fingerprint density at radius 1 is 1.47 bits per heavy atom. The highest BCUT2D eigenvalue weighted by Crippen LogP contribution is 2.07. The van der Waals surface area contributed by atoms with Crippen molar-refractivity contribution in [3.8, 4) is 0 Å². The Bertz CT molecular complexity index is 437. The van der Waals surface area contributed by atoms with Crippen molar-refractivity contribution >= 4 is 11.8 Å². The number of rotatable bonds is 4. The number of carbonyl (C=O) groups is 1. The van der Waals surface area contributed by atoms with Gasteiger partial charge in [-0.1, -0.05) is 11.6 Å². The molecule has 92 valence electrons. The number of allylic oxidation sites excluding steroid dienone is 1. The minimum atomic E-state index is -0.529. The monoisotopic (exact) mass is 235 g/mol. The molecule has 1 aromatic heterocycles. The third kappa shape index (κ3) is 4.22. The van der Waals surface area contributed by atoms with Crippen LogP contribution < -0.4 is 5.32 Å². The van der Waals surface area contributed by atoms with E-state index in [9.17, 15) is 4.79 Å². The first-order valence-corrected chi connectivity index (χ1v) is 5.34. The summed E-state index contributed by atoms with van der Waals surface area (Å²) in [5, 5.41) is 3.10. The lowest BCUT2D eigenvalue weighted by atomic mass is 10.3. The van der Waals surface area contributed by atoms with Crippen molar-refractivity contribution < 1.29 is 9.53 Å². The molecule has 0 bridgehead atoms. The SMILES string of the molecule is COC(=O)c1nc(C)cc(NCC=C(C)C)n1. The van der Waals surface area contributed by atoms with Gasteiger partial charge in [0.2, 0.25) is 5.82 Å². The number of anilines is 1. The van der Waals surface area contributed by atoms with Gasteiger partial charge in [0.25, 0.3) is 0 Å². The van der Waals surface area contributed by atoms with Gasteiger partial charge in [0, 0.05) is 18.3 Å². The molecular weight excluding hydrogens is 218 g/mol. The van der Waals surface area contributed by atoms with Crippen molar-refractivity contribution in [1.29, 1.82) is 0 Å². The van der Waals surface area contributed by atoms with Crippen LogP contribution in [0.25, 0.3) is 0 Å². The topological polar surface area (TPSA) is 64.1 Å². The molecule has 5 heteroatoms. The second-order valence-corrected chi connectivity index (χ2v) is 3.87. The van der Waals surface area contributed by atoms with Crippen molar-refractivity contribution in [3.05, 3.63) is 29.2 Å². The molecule has 17 heavy (non-hydrogen) atoms. The van der Waals surface area contributed by atoms with Gasteiger partial charge in [-0.2, -0.15) is 0 Å². The predicted octanol–water partition coefficient (Wildman–Crippen LogP) is 1.95. The molecule has 0 saturated carbocycles. The average molecular weight is 235 g/mol. The smallest absolute Gasteiger partial charge is 0.376 e. The van der Waals surface area contributed by atoms with Crippen LogP contribution in [0.3, 0.4) is 0 Å². The number of methoxy groups -OCH3 is 1. The fraction of sp³-hybridized carbons (Fsp3) is 0.417. The maximum Gasteiger partial charge on any atom is 0.376 e. The van der Waals surface area contributed by atoms with E-state index < -0.39 is 5.97 Å². The molecule has 0 aromatic carbocycles. The fourth-order valence-corrected chi connectivity index (χ4v) is 1.20. The van der Waals surface area contributed by atoms with Gasteiger partial charge in [0.05, 0.1) is 7.11 Å². The molecule has 0 spiro atoms. The van der Waals surface area contributed by atoms with E-state index in [2.05, 4.69) is 20.0 Å². The van der Waals surface area contributed by atoms with Gasteiger partial charge in [-0.25, -0.2) is 14.8 Å². The summed E-state index contributed by atoms with van der Waals surface area (Å²) in [4.78, 5) is 19.4. The van der Waals surface area contributed by atoms with Gasteiger partial charge in [-0.15, -0.1) is 0 Å². The van der Waals surface area contributed by atoms with Crippen LogP contribution in [0.15, 0.2) is 17.7 Å². The van der Waals surface area contributed by atoms with E-state index in [-0.39, 0.29) is 5.82 Å². The number of hydrogen-bond acceptors (Lipinski definition) is 5. The van der Waals surface area contributed by atoms with E-state index in [1.807, 2.05) is 19.9 Å². The number of aromatic nitrogens is 2. The number of ether oxygens (including phenoxy) is 1. The third-order valence-electron chi connectivity index (χ3n) is 2.02. The standard InChI is InChI=1S/C12H17N3O2/c1-8(2)5-6-13-10-7-9(3)14-11(15-10)12(16)17-4/h5,7H,6H2,1-4H3,(H,13,14,15). The maximum atomic E-state index is 11.3. The summed E-state index contributed by atoms with van der Waals surface area (Å²) >= 11 is 0. The Kier molecular flexibility index (Phi) is 4.63. The minimum Gasteiger partial charge on any atom is -0.463 e. The van der Waals surface area contributed by atoms with Crippen LogP contribution in [0.4, 0.5) is 5.82 Å². The van der Waals surface area contributed by atoms with Gasteiger partial charge in [-0.3, -0.25) is 0 Å². The molecule has 1 aromatic rings. The molecule has 0 aliphatic rings. The molecule has 0 amide bonds. The minimum absolute atomic E-state index is 0.0761. The van der Waals surface area contributed by atoms with E-state index >= 15 is 0 Å². The lowest BCUT2D eigenvalue weighted by molar-refractivity contribution is 0.0586. The summed E-state index contributed by atoms with van der Waals surface area (Å²) in [7, 11) is 1.31. The predicted molar refractivity (Wildman–Crippen MR) is 66.0 cm³/mol. The highest BCUT2D eigenvalue weighted by molar-refractivity contribution is 5.85. The van der Waals surface area contributed by atoms with Gasteiger partial charge >= 0.3 is 5.97 Å². The van der Waals surface area contributed by atoms with E-state index in [0.29, 0.717) is 12.4 Å². The Labute approximate surface area is 101 Å². The molecule has 0 radical (unpaired) electrons. The highest BCUT2D eigenvalue weighted by Gasteiger charge is 2.10. The molecule has 0 saturated heterocycles. The first-order chi connectivity index (χ1) is 8.02. The second kappa shape index (κ2) is 5.98. The van der Waals surface area contributed by atoms with E-state index in [0.717, 1.165) is 5.69 Å². The summed E-state index contributed by atoms with van der Waals surface area (Å²) in [6, 6.07) is 1.78. The quantitative estimate of drug-likeness (QED) is 0.638. The first-order valence-electron chi connectivity index (χ1n) is 5.34. The Morgan fingerprint density at radius 2 is 2.18 bits per heavy atom. The summed E-state index contributed by atoms with van der Waals surface area (Å²) < 4.78 is 4.59. The number of nitrogens with one attached hydrogen (secondary N) is 1. The van der Waals surface area contributed by atoms with Gasteiger partial charge in [0.15, 0.2) is 0 Å². The van der Waals surface area contributed by atoms with Gasteiger partial charge in [-0.05, 0) is 20.8 Å². The van der Waals surface area contributed by atoms with Crippen molar-refractivity contribution in [2.24, 2.45) is 0 Å². The number of esters is 1. The normalized spacial score (nSPS) is 9.65. The summed E-state index contributed by atoms with van der Waals surface area (Å²) in [5.74, 6) is 0.168. The maximum absolute atomic E-state index is 11.3. The second-order valence-electron chi connectivity index (χ2n) is 3.87. The fourth-order valence-electron chi connectivity index (χ4n) is 1.20. The Hall–Kier alpha value is -1.91. The largest absolute Gasteiger partial charge is 0.463 e. The van der Waals surface area contributed by atoms with Crippen LogP contribution in [0.5, 0.6) is 0 Å². The highest BCUT2D eigenvalue weighted by atomic mass is 16.5. The summed E-state index contributed by atoms with van der Waals surface area (Å²) in [6.07, 6.45) is 2.04. The van der Waals surface area contributed by atoms with Crippen LogP contribution in [-0.4, -0.2) is 29.6 Å². The lowest BCUT2D eigenvalue weighted by Crippen LogP contribution is -2.11. The van der Waals surface area contributed by atoms with E-state index in [1.165, 1.54) is 12.7 Å². The lowest BCUT2D eigenvalue weighted by Gasteiger charge is -2.06. The molecule has 1 rings (SSSR count). The number of hydrogen-bond donors (Lipinski definition) is 1. The molecule has 1 heterocycles. The van der Waals surface area contributed by atoms with Gasteiger partial charge in [0.1, 0.15) is 5.82 Å². The third-order valence-corrected chi connectivity index (χ3v) is 2.02. The van der Waals surface area contributed by atoms with Crippen LogP contribution in [0.2, 0.25) is 0 Å². The van der Waals surface area contributed by atoms with Crippen LogP contribution in [-0.2, 0) is 4.74 Å². The van der Waals surface area contributed by atoms with Crippen LogP contribution >= 0.6 is 0 Å². The zero-order valence-corrected chi connectivity index (χ0v) is 10.6. The molecule has 1 N–H and O–H groups in total. The summed E-state index contributed by atoms with van der Waals surface area (Å²) in [5.41, 5.74) is 1.94. The molecule has 0 aliphatic carbocycles. The molecule has 5 nitrogen and oxygen atoms in total. The van der Waals surface area contributed by atoms with Crippen molar-refractivity contribution in [1.82, 2.24) is 9.97 Å². The number of nitrogens with zero attached hydrogens (tertiary/aromatic N) is 2. The zero-order valence-electron chi connectivity index (χ0n) is 10.6. The molecular formula is C12H17N3O2. The Balaban J connectivity index is 2.82. The Morgan fingerprint density at radius 3 is 2.76 bits per heavy atom. The molecule has 0 atom stereocenters. The van der Waals surface area contributed by atoms with Crippen LogP contribution in [0.1, 0.15) is 30.2 Å².